The van der Waals surface area contributed by atoms with Crippen LogP contribution in [-0.2, 0) is 4.79 Å². The van der Waals surface area contributed by atoms with Gasteiger partial charge in [0, 0.05) is 24.7 Å². The Morgan fingerprint density at radius 1 is 1.27 bits per heavy atom. The summed E-state index contributed by atoms with van der Waals surface area (Å²) in [4.78, 5) is 18.7. The summed E-state index contributed by atoms with van der Waals surface area (Å²) in [6.45, 7) is 6.65. The number of hydrogen-bond donors (Lipinski definition) is 1. The van der Waals surface area contributed by atoms with Crippen molar-refractivity contribution in [2.75, 3.05) is 31.8 Å². The quantitative estimate of drug-likeness (QED) is 0.343. The number of rotatable bonds is 9. The van der Waals surface area contributed by atoms with Crippen molar-refractivity contribution in [3.05, 3.63) is 71.5 Å². The summed E-state index contributed by atoms with van der Waals surface area (Å²) in [6.07, 6.45) is 0. The van der Waals surface area contributed by atoms with Gasteiger partial charge in [-0.05, 0) is 43.3 Å². The zero-order valence-corrected chi connectivity index (χ0v) is 20.2. The first-order chi connectivity index (χ1) is 15.9. The summed E-state index contributed by atoms with van der Waals surface area (Å²) in [5, 5.41) is 12.7. The minimum atomic E-state index is -0.312. The van der Waals surface area contributed by atoms with Gasteiger partial charge in [-0.3, -0.25) is 15.1 Å². The molecule has 1 aromatic heterocycles. The fourth-order valence-electron chi connectivity index (χ4n) is 2.98. The molecule has 0 radical (unpaired) electrons. The zero-order valence-electron chi connectivity index (χ0n) is 18.5. The van der Waals surface area contributed by atoms with Gasteiger partial charge in [-0.25, -0.2) is 4.39 Å². The third kappa shape index (κ3) is 6.39. The summed E-state index contributed by atoms with van der Waals surface area (Å²) in [5.74, 6) is 0.988. The van der Waals surface area contributed by atoms with Crippen molar-refractivity contribution in [3.8, 4) is 16.3 Å². The molecule has 3 aromatic rings. The first-order valence-electron chi connectivity index (χ1n) is 10.0. The maximum absolute atomic E-state index is 13.3. The van der Waals surface area contributed by atoms with E-state index in [4.69, 9.17) is 4.74 Å². The predicted molar refractivity (Wildman–Crippen MR) is 133 cm³/mol. The molecule has 0 atom stereocenters. The molecule has 33 heavy (non-hydrogen) atoms. The second-order valence-corrected chi connectivity index (χ2v) is 8.70. The van der Waals surface area contributed by atoms with Crippen LogP contribution in [0.25, 0.3) is 10.6 Å². The van der Waals surface area contributed by atoms with Crippen molar-refractivity contribution < 1.29 is 13.9 Å². The largest absolute Gasteiger partial charge is 0.497 e. The van der Waals surface area contributed by atoms with Crippen molar-refractivity contribution >= 4 is 40.0 Å². The highest BCUT2D eigenvalue weighted by Gasteiger charge is 2.17. The number of amides is 1. The molecule has 0 aliphatic heterocycles. The molecular formula is C23H24FN5O2S2. The van der Waals surface area contributed by atoms with E-state index in [-0.39, 0.29) is 17.5 Å². The van der Waals surface area contributed by atoms with Crippen LogP contribution in [0.15, 0.2) is 65.1 Å². The minimum absolute atomic E-state index is 0.143. The molecule has 3 rings (SSSR count). The number of thioether (sulfide) groups is 1. The average molecular weight is 486 g/mol. The van der Waals surface area contributed by atoms with Gasteiger partial charge in [0.2, 0.25) is 11.0 Å². The third-order valence-corrected chi connectivity index (χ3v) is 6.39. The molecule has 1 heterocycles. The number of carbonyl (C=O) groups excluding carboxylic acids is 1. The number of halogens is 1. The number of aliphatic imine (C=N–C) groups is 1. The van der Waals surface area contributed by atoms with E-state index in [0.29, 0.717) is 27.5 Å². The maximum Gasteiger partial charge on any atom is 0.236 e. The van der Waals surface area contributed by atoms with E-state index < -0.39 is 0 Å². The molecule has 0 fully saturated rings. The summed E-state index contributed by atoms with van der Waals surface area (Å²) in [5.41, 5.74) is 1.63. The lowest BCUT2D eigenvalue weighted by molar-refractivity contribution is -0.113. The number of carbonyl (C=O) groups is 1. The number of benzene rings is 2. The molecule has 0 aliphatic rings. The molecule has 0 saturated heterocycles. The second-order valence-electron chi connectivity index (χ2n) is 6.67. The van der Waals surface area contributed by atoms with E-state index in [2.05, 4.69) is 27.1 Å². The Labute approximate surface area is 200 Å². The van der Waals surface area contributed by atoms with Crippen LogP contribution < -0.4 is 10.1 Å². The molecule has 0 unspecified atom stereocenters. The number of hydrogen-bond acceptors (Lipinski definition) is 7. The third-order valence-electron chi connectivity index (χ3n) is 4.55. The van der Waals surface area contributed by atoms with Crippen LogP contribution in [0, 0.1) is 5.82 Å². The van der Waals surface area contributed by atoms with Gasteiger partial charge in [-0.2, -0.15) is 0 Å². The highest BCUT2D eigenvalue weighted by molar-refractivity contribution is 8.03. The van der Waals surface area contributed by atoms with Crippen LogP contribution in [0.2, 0.25) is 0 Å². The molecule has 7 nitrogen and oxygen atoms in total. The second kappa shape index (κ2) is 11.6. The maximum atomic E-state index is 13.3. The Kier molecular flexibility index (Phi) is 8.56. The van der Waals surface area contributed by atoms with Crippen LogP contribution >= 0.6 is 23.1 Å². The minimum Gasteiger partial charge on any atom is -0.497 e. The van der Waals surface area contributed by atoms with Gasteiger partial charge < -0.3 is 9.64 Å². The van der Waals surface area contributed by atoms with Crippen LogP contribution in [0.3, 0.4) is 0 Å². The highest BCUT2D eigenvalue weighted by Crippen LogP contribution is 2.29. The highest BCUT2D eigenvalue weighted by atomic mass is 32.2. The standard InChI is InChI=1S/C23H24FN5O2S2/c1-5-29(21(25-3)16-9-11-18(24)12-10-16)15(2)32-14-20(30)26-23-28-27-22(33-23)17-7-6-8-19(13-17)31-4/h6-13H,2,5,14H2,1,3-4H3,(H,26,28,30)/b25-21-. The number of anilines is 1. The van der Waals surface area contributed by atoms with Crippen LogP contribution in [-0.4, -0.2) is 53.3 Å². The average Bonchev–Trinajstić information content (AvgIpc) is 3.30. The smallest absolute Gasteiger partial charge is 0.236 e. The van der Waals surface area contributed by atoms with E-state index in [9.17, 15) is 9.18 Å². The molecule has 0 aliphatic carbocycles. The van der Waals surface area contributed by atoms with Crippen molar-refractivity contribution in [3.63, 3.8) is 0 Å². The van der Waals surface area contributed by atoms with Crippen molar-refractivity contribution in [2.45, 2.75) is 6.92 Å². The van der Waals surface area contributed by atoms with Crippen molar-refractivity contribution in [2.24, 2.45) is 4.99 Å². The van der Waals surface area contributed by atoms with Gasteiger partial charge >= 0.3 is 0 Å². The van der Waals surface area contributed by atoms with E-state index >= 15 is 0 Å². The molecule has 2 aromatic carbocycles. The molecule has 0 saturated carbocycles. The Hall–Kier alpha value is -3.24. The number of methoxy groups -OCH3 is 1. The lowest BCUT2D eigenvalue weighted by Gasteiger charge is -2.26. The van der Waals surface area contributed by atoms with Gasteiger partial charge in [0.15, 0.2) is 0 Å². The number of aromatic nitrogens is 2. The fourth-order valence-corrected chi connectivity index (χ4v) is 4.47. The predicted octanol–water partition coefficient (Wildman–Crippen LogP) is 4.89. The molecule has 1 amide bonds. The van der Waals surface area contributed by atoms with Gasteiger partial charge in [0.1, 0.15) is 22.4 Å². The normalized spacial score (nSPS) is 11.2. The zero-order chi connectivity index (χ0) is 23.8. The summed E-state index contributed by atoms with van der Waals surface area (Å²) < 4.78 is 18.5. The Balaban J connectivity index is 1.59. The van der Waals surface area contributed by atoms with E-state index in [1.54, 1.807) is 26.3 Å². The van der Waals surface area contributed by atoms with Gasteiger partial charge in [0.25, 0.3) is 0 Å². The Morgan fingerprint density at radius 3 is 2.70 bits per heavy atom. The van der Waals surface area contributed by atoms with E-state index in [0.717, 1.165) is 16.9 Å². The monoisotopic (exact) mass is 485 g/mol. The molecule has 0 bridgehead atoms. The van der Waals surface area contributed by atoms with Crippen LogP contribution in [0.5, 0.6) is 5.75 Å². The summed E-state index contributed by atoms with van der Waals surface area (Å²) >= 11 is 2.57. The summed E-state index contributed by atoms with van der Waals surface area (Å²) in [7, 11) is 3.27. The van der Waals surface area contributed by atoms with Gasteiger partial charge in [0.05, 0.1) is 17.9 Å². The number of amidine groups is 1. The lowest BCUT2D eigenvalue weighted by atomic mass is 10.2. The molecule has 1 N–H and O–H groups in total. The molecular weight excluding hydrogens is 461 g/mol. The number of nitrogens with one attached hydrogen (secondary N) is 1. The van der Waals surface area contributed by atoms with Gasteiger partial charge in [-0.1, -0.05) is 41.8 Å². The van der Waals surface area contributed by atoms with Crippen molar-refractivity contribution in [1.29, 1.82) is 0 Å². The summed E-state index contributed by atoms with van der Waals surface area (Å²) in [6, 6.07) is 13.6. The topological polar surface area (TPSA) is 79.7 Å². The molecule has 0 spiro atoms. The molecule has 10 heteroatoms. The van der Waals surface area contributed by atoms with Crippen LogP contribution in [0.1, 0.15) is 12.5 Å². The number of ether oxygens (including phenoxy) is 1. The lowest BCUT2D eigenvalue weighted by Crippen LogP contribution is -2.30. The number of nitrogens with zero attached hydrogens (tertiary/aromatic N) is 4. The SMILES string of the molecule is C=C(SCC(=O)Nc1nnc(-c2cccc(OC)c2)s1)N(CC)/C(=N\C)c1ccc(F)cc1. The van der Waals surface area contributed by atoms with Crippen LogP contribution in [0.4, 0.5) is 9.52 Å². The Morgan fingerprint density at radius 2 is 2.03 bits per heavy atom. The van der Waals surface area contributed by atoms with E-state index in [1.165, 1.54) is 35.2 Å². The van der Waals surface area contributed by atoms with E-state index in [1.807, 2.05) is 36.1 Å². The molecule has 172 valence electrons. The first-order valence-corrected chi connectivity index (χ1v) is 11.8. The van der Waals surface area contributed by atoms with Gasteiger partial charge in [-0.15, -0.1) is 10.2 Å². The fraction of sp³-hybridized carbons (Fsp3) is 0.217. The Bertz CT molecular complexity index is 1150. The first kappa shape index (κ1) is 24.4. The van der Waals surface area contributed by atoms with Crippen molar-refractivity contribution in [1.82, 2.24) is 15.1 Å².